The molecule has 0 spiro atoms. The summed E-state index contributed by atoms with van der Waals surface area (Å²) in [6.45, 7) is 15.2. The van der Waals surface area contributed by atoms with E-state index in [1.165, 1.54) is 58.2 Å². The second kappa shape index (κ2) is 8.26. The first-order valence-corrected chi connectivity index (χ1v) is 8.47. The Morgan fingerprint density at radius 2 is 1.58 bits per heavy atom. The van der Waals surface area contributed by atoms with Crippen LogP contribution >= 0.6 is 0 Å². The first kappa shape index (κ1) is 17.0. The average molecular weight is 268 g/mol. The highest BCUT2D eigenvalue weighted by Gasteiger charge is 2.35. The van der Waals surface area contributed by atoms with Crippen molar-refractivity contribution in [1.29, 1.82) is 0 Å². The third-order valence-electron chi connectivity index (χ3n) is 4.34. The zero-order valence-corrected chi connectivity index (χ0v) is 14.0. The summed E-state index contributed by atoms with van der Waals surface area (Å²) in [5.41, 5.74) is 0.262. The molecule has 19 heavy (non-hydrogen) atoms. The highest BCUT2D eigenvalue weighted by molar-refractivity contribution is 4.91. The van der Waals surface area contributed by atoms with Crippen LogP contribution in [0.4, 0.5) is 0 Å². The maximum Gasteiger partial charge on any atom is 0.0136 e. The summed E-state index contributed by atoms with van der Waals surface area (Å²) in [7, 11) is 0. The number of nitrogens with one attached hydrogen (secondary N) is 1. The molecule has 0 radical (unpaired) electrons. The van der Waals surface area contributed by atoms with Crippen molar-refractivity contribution in [2.24, 2.45) is 5.92 Å². The van der Waals surface area contributed by atoms with E-state index in [1.54, 1.807) is 0 Å². The van der Waals surface area contributed by atoms with Crippen molar-refractivity contribution in [3.05, 3.63) is 0 Å². The van der Waals surface area contributed by atoms with Crippen LogP contribution in [-0.4, -0.2) is 36.1 Å². The zero-order valence-electron chi connectivity index (χ0n) is 14.0. The Morgan fingerprint density at radius 1 is 1.00 bits per heavy atom. The third-order valence-corrected chi connectivity index (χ3v) is 4.34. The second-order valence-corrected chi connectivity index (χ2v) is 7.28. The molecule has 0 saturated heterocycles. The van der Waals surface area contributed by atoms with Gasteiger partial charge in [0.05, 0.1) is 0 Å². The lowest BCUT2D eigenvalue weighted by Gasteiger charge is -2.45. The first-order valence-electron chi connectivity index (χ1n) is 8.47. The molecule has 2 unspecified atom stereocenters. The predicted molar refractivity (Wildman–Crippen MR) is 85.7 cm³/mol. The lowest BCUT2D eigenvalue weighted by atomic mass is 9.77. The molecule has 0 aliphatic heterocycles. The molecule has 1 aliphatic rings. The largest absolute Gasteiger partial charge is 0.312 e. The monoisotopic (exact) mass is 268 g/mol. The van der Waals surface area contributed by atoms with Crippen molar-refractivity contribution in [2.75, 3.05) is 19.6 Å². The summed E-state index contributed by atoms with van der Waals surface area (Å²) < 4.78 is 0. The molecule has 0 heterocycles. The Morgan fingerprint density at radius 3 is 1.95 bits per heavy atom. The van der Waals surface area contributed by atoms with Gasteiger partial charge in [0.2, 0.25) is 0 Å². The van der Waals surface area contributed by atoms with Crippen LogP contribution in [0.5, 0.6) is 0 Å². The minimum absolute atomic E-state index is 0.262. The van der Waals surface area contributed by atoms with Crippen molar-refractivity contribution in [3.8, 4) is 0 Å². The fraction of sp³-hybridized carbons (Fsp3) is 1.00. The Labute approximate surface area is 121 Å². The Bertz CT molecular complexity index is 224. The summed E-state index contributed by atoms with van der Waals surface area (Å²) in [6, 6.07) is 0.855. The molecule has 1 N–H and O–H groups in total. The van der Waals surface area contributed by atoms with Gasteiger partial charge in [-0.05, 0) is 72.0 Å². The van der Waals surface area contributed by atoms with Gasteiger partial charge in [-0.25, -0.2) is 0 Å². The van der Waals surface area contributed by atoms with Crippen LogP contribution in [0.2, 0.25) is 0 Å². The lowest BCUT2D eigenvalue weighted by Crippen LogP contribution is -2.53. The summed E-state index contributed by atoms with van der Waals surface area (Å²) in [4.78, 5) is 2.78. The van der Waals surface area contributed by atoms with Gasteiger partial charge in [0.1, 0.15) is 0 Å². The number of unbranched alkanes of at least 4 members (excludes halogenated alkanes) is 2. The van der Waals surface area contributed by atoms with Crippen LogP contribution in [0.25, 0.3) is 0 Å². The highest BCUT2D eigenvalue weighted by Crippen LogP contribution is 2.32. The Hall–Kier alpha value is -0.0800. The maximum absolute atomic E-state index is 3.69. The van der Waals surface area contributed by atoms with E-state index in [0.717, 1.165) is 12.0 Å². The van der Waals surface area contributed by atoms with Crippen molar-refractivity contribution in [1.82, 2.24) is 10.2 Å². The highest BCUT2D eigenvalue weighted by atomic mass is 15.2. The van der Waals surface area contributed by atoms with E-state index in [4.69, 9.17) is 0 Å². The first-order chi connectivity index (χ1) is 8.98. The van der Waals surface area contributed by atoms with Crippen LogP contribution in [0.3, 0.4) is 0 Å². The number of rotatable bonds is 9. The van der Waals surface area contributed by atoms with Gasteiger partial charge in [-0.1, -0.05) is 26.7 Å². The van der Waals surface area contributed by atoms with E-state index >= 15 is 0 Å². The molecule has 1 rings (SSSR count). The SMILES string of the molecule is CCCCN(CCCC)C1CCC1CNC(C)(C)C. The van der Waals surface area contributed by atoms with Crippen molar-refractivity contribution < 1.29 is 0 Å². The molecular weight excluding hydrogens is 232 g/mol. The molecule has 0 bridgehead atoms. The van der Waals surface area contributed by atoms with Gasteiger partial charge >= 0.3 is 0 Å². The molecule has 2 atom stereocenters. The summed E-state index contributed by atoms with van der Waals surface area (Å²) in [5, 5.41) is 3.69. The molecule has 0 aromatic carbocycles. The third kappa shape index (κ3) is 6.27. The van der Waals surface area contributed by atoms with Gasteiger partial charge in [0, 0.05) is 11.6 Å². The topological polar surface area (TPSA) is 15.3 Å². The van der Waals surface area contributed by atoms with E-state index < -0.39 is 0 Å². The van der Waals surface area contributed by atoms with Gasteiger partial charge in [-0.3, -0.25) is 0 Å². The van der Waals surface area contributed by atoms with Gasteiger partial charge < -0.3 is 10.2 Å². The molecule has 0 aromatic heterocycles. The average Bonchev–Trinajstić information content (AvgIpc) is 2.29. The minimum Gasteiger partial charge on any atom is -0.312 e. The normalized spacial score (nSPS) is 23.7. The molecule has 2 nitrogen and oxygen atoms in total. The summed E-state index contributed by atoms with van der Waals surface area (Å²) in [5.74, 6) is 0.882. The Balaban J connectivity index is 2.39. The summed E-state index contributed by atoms with van der Waals surface area (Å²) >= 11 is 0. The standard InChI is InChI=1S/C17H36N2/c1-6-8-12-19(13-9-7-2)16-11-10-15(16)14-18-17(3,4)5/h15-16,18H,6-14H2,1-5H3. The zero-order chi connectivity index (χ0) is 14.3. The van der Waals surface area contributed by atoms with E-state index in [-0.39, 0.29) is 5.54 Å². The van der Waals surface area contributed by atoms with Crippen LogP contribution in [0.1, 0.15) is 73.1 Å². The molecule has 1 saturated carbocycles. The van der Waals surface area contributed by atoms with Crippen LogP contribution < -0.4 is 5.32 Å². The number of hydrogen-bond donors (Lipinski definition) is 1. The molecule has 0 aromatic rings. The number of nitrogens with zero attached hydrogens (tertiary/aromatic N) is 1. The number of hydrogen-bond acceptors (Lipinski definition) is 2. The van der Waals surface area contributed by atoms with Crippen LogP contribution in [-0.2, 0) is 0 Å². The fourth-order valence-corrected chi connectivity index (χ4v) is 2.87. The molecule has 1 fully saturated rings. The second-order valence-electron chi connectivity index (χ2n) is 7.28. The fourth-order valence-electron chi connectivity index (χ4n) is 2.87. The van der Waals surface area contributed by atoms with E-state index in [9.17, 15) is 0 Å². The van der Waals surface area contributed by atoms with E-state index in [0.29, 0.717) is 0 Å². The van der Waals surface area contributed by atoms with Crippen molar-refractivity contribution >= 4 is 0 Å². The smallest absolute Gasteiger partial charge is 0.0136 e. The molecule has 2 heteroatoms. The lowest BCUT2D eigenvalue weighted by molar-refractivity contribution is 0.0558. The molecule has 114 valence electrons. The van der Waals surface area contributed by atoms with E-state index in [1.807, 2.05) is 0 Å². The molecule has 0 amide bonds. The van der Waals surface area contributed by atoms with Crippen LogP contribution in [0, 0.1) is 5.92 Å². The molecule has 1 aliphatic carbocycles. The van der Waals surface area contributed by atoms with Gasteiger partial charge in [-0.2, -0.15) is 0 Å². The minimum atomic E-state index is 0.262. The van der Waals surface area contributed by atoms with Gasteiger partial charge in [0.25, 0.3) is 0 Å². The van der Waals surface area contributed by atoms with Gasteiger partial charge in [0.15, 0.2) is 0 Å². The maximum atomic E-state index is 3.69. The quantitative estimate of drug-likeness (QED) is 0.678. The predicted octanol–water partition coefficient (Wildman–Crippen LogP) is 4.06. The van der Waals surface area contributed by atoms with Gasteiger partial charge in [-0.15, -0.1) is 0 Å². The van der Waals surface area contributed by atoms with Crippen molar-refractivity contribution in [2.45, 2.75) is 84.7 Å². The Kier molecular flexibility index (Phi) is 7.38. The summed E-state index contributed by atoms with van der Waals surface area (Å²) in [6.07, 6.45) is 8.20. The van der Waals surface area contributed by atoms with Crippen molar-refractivity contribution in [3.63, 3.8) is 0 Å². The van der Waals surface area contributed by atoms with E-state index in [2.05, 4.69) is 44.8 Å². The molecular formula is C17H36N2. The van der Waals surface area contributed by atoms with Crippen LogP contribution in [0.15, 0.2) is 0 Å².